The van der Waals surface area contributed by atoms with E-state index in [-0.39, 0.29) is 24.0 Å². The minimum atomic E-state index is -0.344. The van der Waals surface area contributed by atoms with Gasteiger partial charge in [0.25, 0.3) is 5.91 Å². The number of hydrogen-bond acceptors (Lipinski definition) is 5. The van der Waals surface area contributed by atoms with Crippen LogP contribution in [0.25, 0.3) is 16.9 Å². The van der Waals surface area contributed by atoms with Crippen molar-refractivity contribution in [2.24, 2.45) is 0 Å². The van der Waals surface area contributed by atoms with Crippen LogP contribution in [-0.2, 0) is 5.41 Å². The molecule has 1 atom stereocenters. The predicted octanol–water partition coefficient (Wildman–Crippen LogP) is 3.05. The number of carbonyl (C=O) groups excluding carboxylic acids is 1. The number of aliphatic hydroxyl groups is 1. The number of amides is 1. The van der Waals surface area contributed by atoms with Crippen molar-refractivity contribution in [1.29, 1.82) is 0 Å². The fourth-order valence-corrected chi connectivity index (χ4v) is 2.95. The lowest BCUT2D eigenvalue weighted by atomic mass is 9.95. The molecule has 7 nitrogen and oxygen atoms in total. The zero-order valence-electron chi connectivity index (χ0n) is 17.5. The minimum Gasteiger partial charge on any atom is -0.394 e. The lowest BCUT2D eigenvalue weighted by molar-refractivity contribution is 0.0922. The van der Waals surface area contributed by atoms with Crippen LogP contribution in [0, 0.1) is 6.92 Å². The maximum atomic E-state index is 12.8. The van der Waals surface area contributed by atoms with Gasteiger partial charge in [-0.2, -0.15) is 5.10 Å². The predicted molar refractivity (Wildman–Crippen MR) is 112 cm³/mol. The average molecular weight is 393 g/mol. The van der Waals surface area contributed by atoms with E-state index in [1.165, 1.54) is 6.33 Å². The van der Waals surface area contributed by atoms with Crippen molar-refractivity contribution in [2.45, 2.75) is 46.1 Å². The first-order valence-corrected chi connectivity index (χ1v) is 9.60. The number of hydrogen-bond donors (Lipinski definition) is 2. The molecular formula is C22H27N5O2. The van der Waals surface area contributed by atoms with Gasteiger partial charge in [0.2, 0.25) is 0 Å². The average Bonchev–Trinajstić information content (AvgIpc) is 3.18. The minimum absolute atomic E-state index is 0.130. The quantitative estimate of drug-likeness (QED) is 0.695. The van der Waals surface area contributed by atoms with Crippen LogP contribution in [0.4, 0.5) is 0 Å². The Morgan fingerprint density at radius 3 is 2.59 bits per heavy atom. The molecule has 0 fully saturated rings. The van der Waals surface area contributed by atoms with Crippen LogP contribution >= 0.6 is 0 Å². The molecule has 0 aliphatic heterocycles. The molecule has 7 heteroatoms. The molecule has 2 heterocycles. The maximum Gasteiger partial charge on any atom is 0.251 e. The second-order valence-corrected chi connectivity index (χ2v) is 8.29. The van der Waals surface area contributed by atoms with E-state index in [2.05, 4.69) is 41.2 Å². The van der Waals surface area contributed by atoms with E-state index in [0.29, 0.717) is 5.56 Å². The van der Waals surface area contributed by atoms with Crippen molar-refractivity contribution in [2.75, 3.05) is 6.61 Å². The van der Waals surface area contributed by atoms with Crippen molar-refractivity contribution in [1.82, 2.24) is 25.1 Å². The molecule has 0 saturated carbocycles. The molecular weight excluding hydrogens is 366 g/mol. The molecule has 0 bridgehead atoms. The largest absolute Gasteiger partial charge is 0.394 e. The summed E-state index contributed by atoms with van der Waals surface area (Å²) in [5.74, 6) is 0.529. The fourth-order valence-electron chi connectivity index (χ4n) is 2.95. The van der Waals surface area contributed by atoms with Crippen LogP contribution in [0.15, 0.2) is 42.9 Å². The van der Waals surface area contributed by atoms with Crippen LogP contribution in [0.5, 0.6) is 0 Å². The SMILES string of the molecule is Cc1ccc(-c2cc(C(=O)N[C@@H](C)CO)cc(-n3ncnc3C(C)(C)C)c2)nc1. The van der Waals surface area contributed by atoms with E-state index < -0.39 is 0 Å². The second-order valence-electron chi connectivity index (χ2n) is 8.29. The Morgan fingerprint density at radius 1 is 1.21 bits per heavy atom. The third kappa shape index (κ3) is 4.68. The summed E-state index contributed by atoms with van der Waals surface area (Å²) in [5, 5.41) is 16.5. The summed E-state index contributed by atoms with van der Waals surface area (Å²) in [6.07, 6.45) is 3.32. The summed E-state index contributed by atoms with van der Waals surface area (Å²) in [6, 6.07) is 9.10. The zero-order valence-corrected chi connectivity index (χ0v) is 17.5. The number of carbonyl (C=O) groups is 1. The van der Waals surface area contributed by atoms with Crippen LogP contribution in [0.3, 0.4) is 0 Å². The Bertz CT molecular complexity index is 1000. The molecule has 0 spiro atoms. The monoisotopic (exact) mass is 393 g/mol. The highest BCUT2D eigenvalue weighted by Crippen LogP contribution is 2.27. The summed E-state index contributed by atoms with van der Waals surface area (Å²) in [5.41, 5.74) is 3.61. The van der Waals surface area contributed by atoms with E-state index in [1.54, 1.807) is 29.9 Å². The molecule has 3 rings (SSSR count). The lowest BCUT2D eigenvalue weighted by Gasteiger charge is -2.19. The van der Waals surface area contributed by atoms with Crippen LogP contribution in [-0.4, -0.2) is 43.4 Å². The Labute approximate surface area is 170 Å². The van der Waals surface area contributed by atoms with Crippen molar-refractivity contribution >= 4 is 5.91 Å². The third-order valence-corrected chi connectivity index (χ3v) is 4.50. The van der Waals surface area contributed by atoms with Gasteiger partial charge in [0, 0.05) is 28.8 Å². The van der Waals surface area contributed by atoms with Gasteiger partial charge < -0.3 is 10.4 Å². The number of aliphatic hydroxyl groups excluding tert-OH is 1. The number of nitrogens with one attached hydrogen (secondary N) is 1. The van der Waals surface area contributed by atoms with Gasteiger partial charge in [0.15, 0.2) is 0 Å². The van der Waals surface area contributed by atoms with Crippen molar-refractivity contribution in [3.63, 3.8) is 0 Å². The first-order chi connectivity index (χ1) is 13.7. The molecule has 2 aromatic heterocycles. The number of aryl methyl sites for hydroxylation is 1. The Hall–Kier alpha value is -3.06. The van der Waals surface area contributed by atoms with Crippen molar-refractivity contribution in [3.8, 4) is 16.9 Å². The first kappa shape index (κ1) is 20.7. The van der Waals surface area contributed by atoms with Gasteiger partial charge in [0.1, 0.15) is 12.2 Å². The molecule has 29 heavy (non-hydrogen) atoms. The van der Waals surface area contributed by atoms with Crippen LogP contribution < -0.4 is 5.32 Å². The van der Waals surface area contributed by atoms with Gasteiger partial charge in [-0.05, 0) is 43.7 Å². The normalized spacial score (nSPS) is 12.6. The Morgan fingerprint density at radius 2 is 1.97 bits per heavy atom. The van der Waals surface area contributed by atoms with E-state index in [4.69, 9.17) is 0 Å². The molecule has 0 aliphatic carbocycles. The molecule has 1 aromatic carbocycles. The molecule has 1 amide bonds. The summed E-state index contributed by atoms with van der Waals surface area (Å²) >= 11 is 0. The summed E-state index contributed by atoms with van der Waals surface area (Å²) in [4.78, 5) is 21.7. The highest BCUT2D eigenvalue weighted by atomic mass is 16.3. The van der Waals surface area contributed by atoms with E-state index in [1.807, 2.05) is 25.1 Å². The summed E-state index contributed by atoms with van der Waals surface area (Å²) in [6.45, 7) is 9.79. The van der Waals surface area contributed by atoms with E-state index >= 15 is 0 Å². The smallest absolute Gasteiger partial charge is 0.251 e. The highest BCUT2D eigenvalue weighted by Gasteiger charge is 2.23. The third-order valence-electron chi connectivity index (χ3n) is 4.50. The number of benzene rings is 1. The number of pyridine rings is 1. The Balaban J connectivity index is 2.14. The topological polar surface area (TPSA) is 92.9 Å². The second kappa shape index (κ2) is 8.13. The fraction of sp³-hybridized carbons (Fsp3) is 0.364. The molecule has 3 aromatic rings. The van der Waals surface area contributed by atoms with Crippen LogP contribution in [0.2, 0.25) is 0 Å². The molecule has 0 aliphatic rings. The van der Waals surface area contributed by atoms with E-state index in [0.717, 1.165) is 28.3 Å². The first-order valence-electron chi connectivity index (χ1n) is 9.60. The van der Waals surface area contributed by atoms with Gasteiger partial charge in [-0.25, -0.2) is 9.67 Å². The van der Waals surface area contributed by atoms with Crippen LogP contribution in [0.1, 0.15) is 49.4 Å². The molecule has 152 valence electrons. The zero-order chi connectivity index (χ0) is 21.2. The molecule has 0 radical (unpaired) electrons. The van der Waals surface area contributed by atoms with Crippen molar-refractivity contribution in [3.05, 3.63) is 59.8 Å². The van der Waals surface area contributed by atoms with Gasteiger partial charge in [-0.1, -0.05) is 26.8 Å². The van der Waals surface area contributed by atoms with Crippen molar-refractivity contribution < 1.29 is 9.90 Å². The van der Waals surface area contributed by atoms with Gasteiger partial charge >= 0.3 is 0 Å². The van der Waals surface area contributed by atoms with E-state index in [9.17, 15) is 9.90 Å². The number of nitrogens with zero attached hydrogens (tertiary/aromatic N) is 4. The maximum absolute atomic E-state index is 12.8. The number of rotatable bonds is 5. The van der Waals surface area contributed by atoms with Gasteiger partial charge in [0.05, 0.1) is 18.0 Å². The summed E-state index contributed by atoms with van der Waals surface area (Å²) in [7, 11) is 0. The molecule has 0 saturated heterocycles. The van der Waals surface area contributed by atoms with Gasteiger partial charge in [-0.3, -0.25) is 9.78 Å². The number of aromatic nitrogens is 4. The van der Waals surface area contributed by atoms with Gasteiger partial charge in [-0.15, -0.1) is 0 Å². The lowest BCUT2D eigenvalue weighted by Crippen LogP contribution is -2.35. The Kier molecular flexibility index (Phi) is 5.79. The standard InChI is InChI=1S/C22H27N5O2/c1-14-6-7-19(23-11-14)16-8-17(20(29)26-15(2)12-28)10-18(9-16)27-21(22(3,4)5)24-13-25-27/h6-11,13,15,28H,12H2,1-5H3,(H,26,29)/t15-/m0/s1. The molecule has 2 N–H and O–H groups in total. The highest BCUT2D eigenvalue weighted by molar-refractivity contribution is 5.96. The summed E-state index contributed by atoms with van der Waals surface area (Å²) < 4.78 is 1.75. The molecule has 0 unspecified atom stereocenters.